The molecule has 0 radical (unpaired) electrons. The van der Waals surface area contributed by atoms with Crippen LogP contribution in [0.2, 0.25) is 0 Å². The predicted molar refractivity (Wildman–Crippen MR) is 108 cm³/mol. The van der Waals surface area contributed by atoms with Crippen molar-refractivity contribution in [1.29, 1.82) is 0 Å². The van der Waals surface area contributed by atoms with Crippen molar-refractivity contribution in [3.8, 4) is 0 Å². The van der Waals surface area contributed by atoms with E-state index in [1.165, 1.54) is 0 Å². The Kier molecular flexibility index (Phi) is 4.59. The zero-order valence-electron chi connectivity index (χ0n) is 17.0. The molecule has 8 nitrogen and oxygen atoms in total. The van der Waals surface area contributed by atoms with Crippen molar-refractivity contribution in [3.63, 3.8) is 0 Å². The molecule has 2 aliphatic rings. The molecule has 2 aromatic rings. The Bertz CT molecular complexity index is 961. The summed E-state index contributed by atoms with van der Waals surface area (Å²) in [5.74, 6) is -1.01. The summed E-state index contributed by atoms with van der Waals surface area (Å²) in [6.45, 7) is 7.95. The summed E-state index contributed by atoms with van der Waals surface area (Å²) in [6.07, 6.45) is 4.05. The number of ether oxygens (including phenoxy) is 1. The highest BCUT2D eigenvalue weighted by molar-refractivity contribution is 6.05. The topological polar surface area (TPSA) is 95.9 Å². The Morgan fingerprint density at radius 1 is 1.10 bits per heavy atom. The molecule has 2 saturated heterocycles. The summed E-state index contributed by atoms with van der Waals surface area (Å²) in [6, 6.07) is 5.25. The van der Waals surface area contributed by atoms with Gasteiger partial charge in [-0.05, 0) is 58.2 Å². The summed E-state index contributed by atoms with van der Waals surface area (Å²) in [4.78, 5) is 28.2. The first-order valence-electron chi connectivity index (χ1n) is 9.93. The second kappa shape index (κ2) is 6.86. The van der Waals surface area contributed by atoms with Gasteiger partial charge in [0.15, 0.2) is 0 Å². The summed E-state index contributed by atoms with van der Waals surface area (Å²) in [5, 5.41) is 18.1. The van der Waals surface area contributed by atoms with E-state index in [0.717, 1.165) is 50.0 Å². The molecule has 0 unspecified atom stereocenters. The largest absolute Gasteiger partial charge is 0.478 e. The van der Waals surface area contributed by atoms with E-state index in [2.05, 4.69) is 15.1 Å². The zero-order valence-corrected chi connectivity index (χ0v) is 17.0. The van der Waals surface area contributed by atoms with Crippen LogP contribution in [0.5, 0.6) is 0 Å². The number of likely N-dealkylation sites (tertiary alicyclic amines) is 1. The van der Waals surface area contributed by atoms with E-state index in [4.69, 9.17) is 4.74 Å². The Balaban J connectivity index is 1.53. The molecule has 0 bridgehead atoms. The average Bonchev–Trinajstić information content (AvgIpc) is 2.64. The number of carbonyl (C=O) groups excluding carboxylic acids is 1. The molecule has 8 heteroatoms. The van der Waals surface area contributed by atoms with Gasteiger partial charge in [0.2, 0.25) is 0 Å². The molecule has 2 aliphatic heterocycles. The Hall–Kier alpha value is -2.90. The zero-order chi connectivity index (χ0) is 20.8. The van der Waals surface area contributed by atoms with Crippen molar-refractivity contribution in [3.05, 3.63) is 30.0 Å². The molecule has 1 aromatic heterocycles. The SMILES string of the molecule is CC(C)(C)OC(=O)N1CCC12CCN(c1ccc(C(=O)O)c3nnccc13)CC2. The minimum Gasteiger partial charge on any atom is -0.478 e. The van der Waals surface area contributed by atoms with Crippen LogP contribution >= 0.6 is 0 Å². The van der Waals surface area contributed by atoms with Gasteiger partial charge in [-0.1, -0.05) is 0 Å². The summed E-state index contributed by atoms with van der Waals surface area (Å²) >= 11 is 0. The number of carbonyl (C=O) groups is 2. The second-order valence-corrected chi connectivity index (χ2v) is 8.82. The summed E-state index contributed by atoms with van der Waals surface area (Å²) < 4.78 is 5.58. The molecule has 1 spiro atoms. The predicted octanol–water partition coefficient (Wildman–Crippen LogP) is 3.31. The van der Waals surface area contributed by atoms with Crippen LogP contribution in [0.1, 0.15) is 50.4 Å². The van der Waals surface area contributed by atoms with Crippen LogP contribution in [0, 0.1) is 0 Å². The number of piperidine rings is 1. The van der Waals surface area contributed by atoms with Gasteiger partial charge in [0.05, 0.1) is 17.3 Å². The van der Waals surface area contributed by atoms with E-state index >= 15 is 0 Å². The summed E-state index contributed by atoms with van der Waals surface area (Å²) in [7, 11) is 0. The van der Waals surface area contributed by atoms with Gasteiger partial charge in [0.25, 0.3) is 0 Å². The van der Waals surface area contributed by atoms with Gasteiger partial charge in [0, 0.05) is 30.7 Å². The third-order valence-electron chi connectivity index (χ3n) is 5.91. The van der Waals surface area contributed by atoms with Crippen molar-refractivity contribution in [2.45, 2.75) is 51.2 Å². The van der Waals surface area contributed by atoms with Gasteiger partial charge >= 0.3 is 12.1 Å². The molecule has 3 heterocycles. The standard InChI is InChI=1S/C21H26N4O4/c1-20(2,3)29-19(28)25-13-9-21(25)7-11-24(12-8-21)16-5-4-15(18(26)27)17-14(16)6-10-22-23-17/h4-6,10H,7-9,11-13H2,1-3H3,(H,26,27). The van der Waals surface area contributed by atoms with Crippen LogP contribution in [0.15, 0.2) is 24.4 Å². The number of aromatic nitrogens is 2. The van der Waals surface area contributed by atoms with Gasteiger partial charge in [-0.25, -0.2) is 9.59 Å². The molecule has 1 aromatic carbocycles. The molecule has 0 saturated carbocycles. The van der Waals surface area contributed by atoms with Gasteiger partial charge in [-0.3, -0.25) is 0 Å². The third-order valence-corrected chi connectivity index (χ3v) is 5.91. The lowest BCUT2D eigenvalue weighted by Crippen LogP contribution is -2.66. The van der Waals surface area contributed by atoms with Gasteiger partial charge in [-0.2, -0.15) is 5.10 Å². The molecule has 154 valence electrons. The number of amides is 1. The lowest BCUT2D eigenvalue weighted by molar-refractivity contribution is -0.0541. The van der Waals surface area contributed by atoms with Crippen LogP contribution in [0.3, 0.4) is 0 Å². The molecule has 2 fully saturated rings. The first-order valence-corrected chi connectivity index (χ1v) is 9.93. The van der Waals surface area contributed by atoms with Crippen LogP contribution in [-0.4, -0.2) is 63.0 Å². The minimum atomic E-state index is -1.01. The first-order chi connectivity index (χ1) is 13.7. The van der Waals surface area contributed by atoms with Gasteiger partial charge < -0.3 is 19.6 Å². The van der Waals surface area contributed by atoms with E-state index in [-0.39, 0.29) is 17.2 Å². The number of hydrogen-bond donors (Lipinski definition) is 1. The normalized spacial score (nSPS) is 18.6. The van der Waals surface area contributed by atoms with E-state index in [1.54, 1.807) is 12.3 Å². The van der Waals surface area contributed by atoms with E-state index < -0.39 is 11.6 Å². The number of carboxylic acids is 1. The number of anilines is 1. The number of aromatic carboxylic acids is 1. The van der Waals surface area contributed by atoms with E-state index in [1.807, 2.05) is 37.8 Å². The molecule has 29 heavy (non-hydrogen) atoms. The monoisotopic (exact) mass is 398 g/mol. The number of rotatable bonds is 2. The number of hydrogen-bond acceptors (Lipinski definition) is 6. The highest BCUT2D eigenvalue weighted by Gasteiger charge is 2.50. The Labute approximate surface area is 169 Å². The fraction of sp³-hybridized carbons (Fsp3) is 0.524. The van der Waals surface area contributed by atoms with Crippen molar-refractivity contribution < 1.29 is 19.4 Å². The van der Waals surface area contributed by atoms with Crippen molar-refractivity contribution >= 4 is 28.7 Å². The van der Waals surface area contributed by atoms with Crippen molar-refractivity contribution in [1.82, 2.24) is 15.1 Å². The highest BCUT2D eigenvalue weighted by Crippen LogP contribution is 2.42. The lowest BCUT2D eigenvalue weighted by Gasteiger charge is -2.56. The lowest BCUT2D eigenvalue weighted by atomic mass is 9.76. The first kappa shape index (κ1) is 19.4. The van der Waals surface area contributed by atoms with Crippen LogP contribution in [0.25, 0.3) is 10.9 Å². The smallest absolute Gasteiger partial charge is 0.410 e. The van der Waals surface area contributed by atoms with Gasteiger partial charge in [-0.15, -0.1) is 5.10 Å². The second-order valence-electron chi connectivity index (χ2n) is 8.82. The van der Waals surface area contributed by atoms with Crippen LogP contribution in [0.4, 0.5) is 10.5 Å². The molecule has 0 aliphatic carbocycles. The maximum Gasteiger partial charge on any atom is 0.410 e. The summed E-state index contributed by atoms with van der Waals surface area (Å²) in [5.41, 5.74) is 0.880. The fourth-order valence-corrected chi connectivity index (χ4v) is 4.34. The molecular weight excluding hydrogens is 372 g/mol. The quantitative estimate of drug-likeness (QED) is 0.829. The number of carboxylic acid groups (broad SMARTS) is 1. The molecule has 0 atom stereocenters. The maximum atomic E-state index is 12.6. The fourth-order valence-electron chi connectivity index (χ4n) is 4.34. The molecule has 1 amide bonds. The molecular formula is C21H26N4O4. The Morgan fingerprint density at radius 2 is 1.79 bits per heavy atom. The van der Waals surface area contributed by atoms with Crippen molar-refractivity contribution in [2.24, 2.45) is 0 Å². The van der Waals surface area contributed by atoms with Crippen LogP contribution in [-0.2, 0) is 4.74 Å². The number of fused-ring (bicyclic) bond motifs is 1. The maximum absolute atomic E-state index is 12.6. The minimum absolute atomic E-state index is 0.130. The highest BCUT2D eigenvalue weighted by atomic mass is 16.6. The number of nitrogens with zero attached hydrogens (tertiary/aromatic N) is 4. The van der Waals surface area contributed by atoms with E-state index in [0.29, 0.717) is 5.52 Å². The van der Waals surface area contributed by atoms with E-state index in [9.17, 15) is 14.7 Å². The Morgan fingerprint density at radius 3 is 2.38 bits per heavy atom. The molecule has 4 rings (SSSR count). The van der Waals surface area contributed by atoms with Crippen molar-refractivity contribution in [2.75, 3.05) is 24.5 Å². The average molecular weight is 398 g/mol. The number of benzene rings is 1. The van der Waals surface area contributed by atoms with Crippen LogP contribution < -0.4 is 4.90 Å². The third kappa shape index (κ3) is 3.47. The molecule has 1 N–H and O–H groups in total. The van der Waals surface area contributed by atoms with Gasteiger partial charge in [0.1, 0.15) is 11.1 Å².